The summed E-state index contributed by atoms with van der Waals surface area (Å²) in [6.45, 7) is 1.84. The summed E-state index contributed by atoms with van der Waals surface area (Å²) in [5, 5.41) is 0.639. The van der Waals surface area contributed by atoms with Crippen molar-refractivity contribution in [3.05, 3.63) is 30.0 Å². The van der Waals surface area contributed by atoms with Crippen molar-refractivity contribution in [1.29, 1.82) is 0 Å². The monoisotopic (exact) mass is 150 g/mol. The summed E-state index contributed by atoms with van der Waals surface area (Å²) in [5.74, 6) is -0.208. The number of fused-ring (bicyclic) bond motifs is 1. The molecule has 2 aromatic heterocycles. The van der Waals surface area contributed by atoms with Crippen LogP contribution >= 0.6 is 0 Å². The van der Waals surface area contributed by atoms with Crippen LogP contribution in [0.25, 0.3) is 10.9 Å². The number of nitrogens with zero attached hydrogens (tertiary/aromatic N) is 1. The van der Waals surface area contributed by atoms with Gasteiger partial charge >= 0.3 is 0 Å². The third kappa shape index (κ3) is 0.808. The van der Waals surface area contributed by atoms with Crippen LogP contribution in [-0.4, -0.2) is 9.97 Å². The lowest BCUT2D eigenvalue weighted by atomic mass is 10.2. The number of halogens is 1. The Bertz CT molecular complexity index is 392. The number of H-pyrrole nitrogens is 1. The summed E-state index contributed by atoms with van der Waals surface area (Å²) < 4.78 is 12.9. The number of aryl methyl sites for hydroxylation is 1. The Hall–Kier alpha value is -1.38. The first-order chi connectivity index (χ1) is 5.29. The highest BCUT2D eigenvalue weighted by Crippen LogP contribution is 2.18. The predicted octanol–water partition coefficient (Wildman–Crippen LogP) is 2.01. The van der Waals surface area contributed by atoms with Crippen molar-refractivity contribution < 1.29 is 4.39 Å². The topological polar surface area (TPSA) is 28.7 Å². The van der Waals surface area contributed by atoms with Gasteiger partial charge in [-0.3, -0.25) is 4.98 Å². The molecule has 0 aliphatic rings. The molecule has 0 atom stereocenters. The van der Waals surface area contributed by atoms with Gasteiger partial charge in [-0.25, -0.2) is 4.39 Å². The first-order valence-corrected chi connectivity index (χ1v) is 3.36. The molecule has 0 bridgehead atoms. The molecular formula is C8H7FN2. The summed E-state index contributed by atoms with van der Waals surface area (Å²) in [4.78, 5) is 6.72. The summed E-state index contributed by atoms with van der Waals surface area (Å²) in [6.07, 6.45) is 4.62. The van der Waals surface area contributed by atoms with Gasteiger partial charge in [-0.1, -0.05) is 0 Å². The van der Waals surface area contributed by atoms with E-state index >= 15 is 0 Å². The quantitative estimate of drug-likeness (QED) is 0.611. The van der Waals surface area contributed by atoms with Gasteiger partial charge in [0.1, 0.15) is 5.82 Å². The molecular weight excluding hydrogens is 143 g/mol. The zero-order valence-corrected chi connectivity index (χ0v) is 6.06. The molecule has 0 unspecified atom stereocenters. The molecule has 11 heavy (non-hydrogen) atoms. The second-order valence-corrected chi connectivity index (χ2v) is 2.52. The van der Waals surface area contributed by atoms with E-state index in [1.807, 2.05) is 6.92 Å². The standard InChI is InChI=1S/C8H7FN2/c1-5-2-10-4-7-8(5)6(9)3-11-7/h2-4,11H,1H3. The summed E-state index contributed by atoms with van der Waals surface area (Å²) in [5.41, 5.74) is 1.61. The third-order valence-electron chi connectivity index (χ3n) is 1.73. The highest BCUT2D eigenvalue weighted by atomic mass is 19.1. The van der Waals surface area contributed by atoms with Crippen molar-refractivity contribution >= 4 is 10.9 Å². The van der Waals surface area contributed by atoms with Crippen LogP contribution in [0, 0.1) is 12.7 Å². The summed E-state index contributed by atoms with van der Waals surface area (Å²) >= 11 is 0. The summed E-state index contributed by atoms with van der Waals surface area (Å²) in [6, 6.07) is 0. The van der Waals surface area contributed by atoms with Crippen molar-refractivity contribution in [3.63, 3.8) is 0 Å². The minimum absolute atomic E-state index is 0.208. The van der Waals surface area contributed by atoms with Gasteiger partial charge in [0, 0.05) is 17.8 Å². The Labute approximate surface area is 63.1 Å². The largest absolute Gasteiger partial charge is 0.357 e. The van der Waals surface area contributed by atoms with E-state index in [2.05, 4.69) is 9.97 Å². The van der Waals surface area contributed by atoms with Gasteiger partial charge in [0.15, 0.2) is 0 Å². The Kier molecular flexibility index (Phi) is 1.18. The van der Waals surface area contributed by atoms with Gasteiger partial charge in [-0.2, -0.15) is 0 Å². The maximum Gasteiger partial charge on any atom is 0.148 e. The molecule has 0 saturated carbocycles. The maximum atomic E-state index is 12.9. The highest BCUT2D eigenvalue weighted by molar-refractivity contribution is 5.82. The van der Waals surface area contributed by atoms with Gasteiger partial charge in [0.25, 0.3) is 0 Å². The molecule has 2 aromatic rings. The minimum Gasteiger partial charge on any atom is -0.357 e. The van der Waals surface area contributed by atoms with E-state index in [9.17, 15) is 4.39 Å². The number of hydrogen-bond acceptors (Lipinski definition) is 1. The van der Waals surface area contributed by atoms with Crippen LogP contribution in [0.1, 0.15) is 5.56 Å². The average Bonchev–Trinajstić information content (AvgIpc) is 2.34. The number of nitrogens with one attached hydrogen (secondary N) is 1. The number of rotatable bonds is 0. The van der Waals surface area contributed by atoms with Crippen molar-refractivity contribution in [2.45, 2.75) is 6.92 Å². The fourth-order valence-electron chi connectivity index (χ4n) is 1.20. The lowest BCUT2D eigenvalue weighted by Gasteiger charge is -1.92. The van der Waals surface area contributed by atoms with Gasteiger partial charge < -0.3 is 4.98 Å². The van der Waals surface area contributed by atoms with E-state index in [4.69, 9.17) is 0 Å². The fraction of sp³-hybridized carbons (Fsp3) is 0.125. The van der Waals surface area contributed by atoms with Crippen molar-refractivity contribution in [2.24, 2.45) is 0 Å². The first-order valence-electron chi connectivity index (χ1n) is 3.36. The Morgan fingerprint density at radius 2 is 2.27 bits per heavy atom. The third-order valence-corrected chi connectivity index (χ3v) is 1.73. The summed E-state index contributed by atoms with van der Waals surface area (Å²) in [7, 11) is 0. The minimum atomic E-state index is -0.208. The van der Waals surface area contributed by atoms with E-state index in [0.717, 1.165) is 11.1 Å². The molecule has 56 valence electrons. The molecule has 0 fully saturated rings. The van der Waals surface area contributed by atoms with Crippen molar-refractivity contribution in [2.75, 3.05) is 0 Å². The zero-order chi connectivity index (χ0) is 7.84. The second-order valence-electron chi connectivity index (χ2n) is 2.52. The molecule has 0 aliphatic carbocycles. The smallest absolute Gasteiger partial charge is 0.148 e. The molecule has 0 spiro atoms. The van der Waals surface area contributed by atoms with Crippen molar-refractivity contribution in [3.8, 4) is 0 Å². The van der Waals surface area contributed by atoms with E-state index in [0.29, 0.717) is 5.39 Å². The van der Waals surface area contributed by atoms with Gasteiger partial charge in [0.05, 0.1) is 11.7 Å². The number of pyridine rings is 1. The van der Waals surface area contributed by atoms with Crippen LogP contribution in [0.4, 0.5) is 4.39 Å². The van der Waals surface area contributed by atoms with Crippen LogP contribution in [0.3, 0.4) is 0 Å². The molecule has 2 heterocycles. The predicted molar refractivity (Wildman–Crippen MR) is 40.8 cm³/mol. The number of aromatic amines is 1. The molecule has 0 amide bonds. The SMILES string of the molecule is Cc1cncc2[nH]cc(F)c12. The van der Waals surface area contributed by atoms with Gasteiger partial charge in [-0.15, -0.1) is 0 Å². The lowest BCUT2D eigenvalue weighted by Crippen LogP contribution is -1.79. The molecule has 0 aromatic carbocycles. The second kappa shape index (κ2) is 2.05. The van der Waals surface area contributed by atoms with E-state index in [1.54, 1.807) is 12.4 Å². The van der Waals surface area contributed by atoms with Crippen LogP contribution in [0.5, 0.6) is 0 Å². The average molecular weight is 150 g/mol. The number of hydrogen-bond donors (Lipinski definition) is 1. The fourth-order valence-corrected chi connectivity index (χ4v) is 1.20. The van der Waals surface area contributed by atoms with E-state index in [-0.39, 0.29) is 5.82 Å². The van der Waals surface area contributed by atoms with Crippen LogP contribution in [0.15, 0.2) is 18.6 Å². The lowest BCUT2D eigenvalue weighted by molar-refractivity contribution is 0.639. The van der Waals surface area contributed by atoms with Gasteiger partial charge in [0.2, 0.25) is 0 Å². The molecule has 0 aliphatic heterocycles. The molecule has 1 N–H and O–H groups in total. The number of aromatic nitrogens is 2. The Morgan fingerprint density at radius 3 is 3.00 bits per heavy atom. The highest BCUT2D eigenvalue weighted by Gasteiger charge is 2.04. The molecule has 0 saturated heterocycles. The van der Waals surface area contributed by atoms with Crippen LogP contribution in [-0.2, 0) is 0 Å². The normalized spacial score (nSPS) is 10.7. The van der Waals surface area contributed by atoms with Crippen molar-refractivity contribution in [1.82, 2.24) is 9.97 Å². The molecule has 2 nitrogen and oxygen atoms in total. The van der Waals surface area contributed by atoms with E-state index in [1.165, 1.54) is 6.20 Å². The van der Waals surface area contributed by atoms with Crippen LogP contribution in [0.2, 0.25) is 0 Å². The maximum absolute atomic E-state index is 12.9. The van der Waals surface area contributed by atoms with Crippen LogP contribution < -0.4 is 0 Å². The molecule has 0 radical (unpaired) electrons. The molecule has 3 heteroatoms. The Morgan fingerprint density at radius 1 is 1.45 bits per heavy atom. The first kappa shape index (κ1) is 6.34. The molecule has 2 rings (SSSR count). The van der Waals surface area contributed by atoms with E-state index < -0.39 is 0 Å². The zero-order valence-electron chi connectivity index (χ0n) is 6.06. The van der Waals surface area contributed by atoms with Gasteiger partial charge in [-0.05, 0) is 12.5 Å². The Balaban J connectivity index is 2.96.